The van der Waals surface area contributed by atoms with Gasteiger partial charge in [0.05, 0.1) is 4.92 Å². The summed E-state index contributed by atoms with van der Waals surface area (Å²) in [5.74, 6) is 0. The van der Waals surface area contributed by atoms with E-state index in [9.17, 15) is 14.9 Å². The number of rotatable bonds is 3. The lowest BCUT2D eigenvalue weighted by Crippen LogP contribution is -2.50. The Morgan fingerprint density at radius 2 is 1.83 bits per heavy atom. The standard InChI is InChI=1S/C16H17N5O3/c22-16(18-14-6-7-17-12-15(14)21(23)24)20-10-8-19(9-11-20)13-4-2-1-3-5-13/h1-7,12H,8-11H2,(H,17,18,22). The Bertz CT molecular complexity index is 730. The average molecular weight is 327 g/mol. The van der Waals surface area contributed by atoms with E-state index >= 15 is 0 Å². The van der Waals surface area contributed by atoms with E-state index in [1.165, 1.54) is 12.3 Å². The van der Waals surface area contributed by atoms with Crippen molar-refractivity contribution < 1.29 is 9.72 Å². The third-order valence-electron chi connectivity index (χ3n) is 3.93. The van der Waals surface area contributed by atoms with Gasteiger partial charge < -0.3 is 15.1 Å². The molecule has 1 aliphatic rings. The van der Waals surface area contributed by atoms with E-state index in [4.69, 9.17) is 0 Å². The number of benzene rings is 1. The highest BCUT2D eigenvalue weighted by molar-refractivity contribution is 5.91. The molecule has 0 radical (unpaired) electrons. The number of piperazine rings is 1. The molecule has 0 atom stereocenters. The first kappa shape index (κ1) is 15.7. The Morgan fingerprint density at radius 3 is 2.50 bits per heavy atom. The summed E-state index contributed by atoms with van der Waals surface area (Å²) < 4.78 is 0. The number of hydrogen-bond acceptors (Lipinski definition) is 5. The van der Waals surface area contributed by atoms with Crippen LogP contribution in [0.15, 0.2) is 48.8 Å². The number of amides is 2. The average Bonchev–Trinajstić information content (AvgIpc) is 2.63. The number of carbonyl (C=O) groups is 1. The summed E-state index contributed by atoms with van der Waals surface area (Å²) in [7, 11) is 0. The second-order valence-electron chi connectivity index (χ2n) is 5.39. The van der Waals surface area contributed by atoms with Gasteiger partial charge in [0.15, 0.2) is 0 Å². The minimum Gasteiger partial charge on any atom is -0.368 e. The maximum atomic E-state index is 12.3. The number of para-hydroxylation sites is 1. The third-order valence-corrected chi connectivity index (χ3v) is 3.93. The molecule has 24 heavy (non-hydrogen) atoms. The van der Waals surface area contributed by atoms with Gasteiger partial charge in [-0.25, -0.2) is 4.79 Å². The lowest BCUT2D eigenvalue weighted by Gasteiger charge is -2.36. The van der Waals surface area contributed by atoms with Crippen molar-refractivity contribution in [3.63, 3.8) is 0 Å². The normalized spacial score (nSPS) is 14.3. The van der Waals surface area contributed by atoms with Crippen molar-refractivity contribution in [2.24, 2.45) is 0 Å². The van der Waals surface area contributed by atoms with Gasteiger partial charge in [0.1, 0.15) is 11.9 Å². The van der Waals surface area contributed by atoms with Gasteiger partial charge in [0.2, 0.25) is 0 Å². The van der Waals surface area contributed by atoms with Gasteiger partial charge in [0, 0.05) is 38.1 Å². The van der Waals surface area contributed by atoms with Crippen molar-refractivity contribution in [1.29, 1.82) is 0 Å². The highest BCUT2D eigenvalue weighted by Crippen LogP contribution is 2.22. The van der Waals surface area contributed by atoms with Gasteiger partial charge >= 0.3 is 11.7 Å². The minimum absolute atomic E-state index is 0.158. The van der Waals surface area contributed by atoms with Crippen LogP contribution in [-0.4, -0.2) is 47.0 Å². The van der Waals surface area contributed by atoms with E-state index < -0.39 is 4.92 Å². The molecule has 2 aromatic rings. The number of nitrogens with one attached hydrogen (secondary N) is 1. The monoisotopic (exact) mass is 327 g/mol. The minimum atomic E-state index is -0.560. The number of pyridine rings is 1. The molecule has 1 aliphatic heterocycles. The van der Waals surface area contributed by atoms with Crippen LogP contribution in [0.3, 0.4) is 0 Å². The molecule has 2 amide bonds. The zero-order valence-electron chi connectivity index (χ0n) is 13.0. The Morgan fingerprint density at radius 1 is 1.12 bits per heavy atom. The smallest absolute Gasteiger partial charge is 0.322 e. The largest absolute Gasteiger partial charge is 0.368 e. The molecule has 0 bridgehead atoms. The molecular weight excluding hydrogens is 310 g/mol. The molecule has 1 fully saturated rings. The molecule has 1 aromatic heterocycles. The maximum Gasteiger partial charge on any atom is 0.322 e. The van der Waals surface area contributed by atoms with Crippen LogP contribution in [0.5, 0.6) is 0 Å². The number of hydrogen-bond donors (Lipinski definition) is 1. The SMILES string of the molecule is O=C(Nc1ccncc1[N+](=O)[O-])N1CCN(c2ccccc2)CC1. The van der Waals surface area contributed by atoms with Crippen LogP contribution < -0.4 is 10.2 Å². The summed E-state index contributed by atoms with van der Waals surface area (Å²) in [6.45, 7) is 2.55. The van der Waals surface area contributed by atoms with Crippen molar-refractivity contribution in [2.75, 3.05) is 36.4 Å². The lowest BCUT2D eigenvalue weighted by molar-refractivity contribution is -0.384. The molecule has 8 nitrogen and oxygen atoms in total. The van der Waals surface area contributed by atoms with Crippen molar-refractivity contribution >= 4 is 23.1 Å². The molecule has 3 rings (SSSR count). The van der Waals surface area contributed by atoms with Crippen LogP contribution in [-0.2, 0) is 0 Å². The predicted octanol–water partition coefficient (Wildman–Crippen LogP) is 2.34. The number of urea groups is 1. The molecule has 1 N–H and O–H groups in total. The number of nitrogens with zero attached hydrogens (tertiary/aromatic N) is 4. The van der Waals surface area contributed by atoms with Crippen LogP contribution in [0.2, 0.25) is 0 Å². The van der Waals surface area contributed by atoms with Crippen LogP contribution >= 0.6 is 0 Å². The first-order chi connectivity index (χ1) is 11.6. The van der Waals surface area contributed by atoms with Crippen LogP contribution in [0.1, 0.15) is 0 Å². The van der Waals surface area contributed by atoms with Gasteiger partial charge in [-0.05, 0) is 18.2 Å². The van der Waals surface area contributed by atoms with E-state index in [-0.39, 0.29) is 17.4 Å². The summed E-state index contributed by atoms with van der Waals surface area (Å²) in [4.78, 5) is 30.3. The highest BCUT2D eigenvalue weighted by Gasteiger charge is 2.23. The summed E-state index contributed by atoms with van der Waals surface area (Å²) in [6, 6.07) is 11.1. The number of aromatic nitrogens is 1. The van der Waals surface area contributed by atoms with Crippen molar-refractivity contribution in [2.45, 2.75) is 0 Å². The van der Waals surface area contributed by atoms with Crippen molar-refractivity contribution in [3.05, 3.63) is 58.9 Å². The molecule has 0 unspecified atom stereocenters. The summed E-state index contributed by atoms with van der Waals surface area (Å²) in [5, 5.41) is 13.6. The van der Waals surface area contributed by atoms with E-state index in [2.05, 4.69) is 15.2 Å². The number of anilines is 2. The topological polar surface area (TPSA) is 91.6 Å². The fourth-order valence-electron chi connectivity index (χ4n) is 2.64. The molecule has 8 heteroatoms. The van der Waals surface area contributed by atoms with E-state index in [1.54, 1.807) is 4.90 Å². The van der Waals surface area contributed by atoms with Gasteiger partial charge in [-0.3, -0.25) is 15.1 Å². The van der Waals surface area contributed by atoms with Gasteiger partial charge in [-0.2, -0.15) is 0 Å². The number of carbonyl (C=O) groups excluding carboxylic acids is 1. The van der Waals surface area contributed by atoms with E-state index in [0.29, 0.717) is 13.1 Å². The van der Waals surface area contributed by atoms with Crippen LogP contribution in [0, 0.1) is 10.1 Å². The van der Waals surface area contributed by atoms with Gasteiger partial charge in [-0.1, -0.05) is 18.2 Å². The Hall–Kier alpha value is -3.16. The molecule has 1 saturated heterocycles. The first-order valence-electron chi connectivity index (χ1n) is 7.59. The molecule has 0 saturated carbocycles. The predicted molar refractivity (Wildman–Crippen MR) is 90.1 cm³/mol. The van der Waals surface area contributed by atoms with Gasteiger partial charge in [0.25, 0.3) is 0 Å². The molecule has 124 valence electrons. The second kappa shape index (κ2) is 6.95. The van der Waals surface area contributed by atoms with Crippen LogP contribution in [0.25, 0.3) is 0 Å². The quantitative estimate of drug-likeness (QED) is 0.690. The Balaban J connectivity index is 1.61. The third kappa shape index (κ3) is 3.43. The zero-order chi connectivity index (χ0) is 16.9. The maximum absolute atomic E-state index is 12.3. The summed E-state index contributed by atoms with van der Waals surface area (Å²) in [6.07, 6.45) is 2.54. The molecular formula is C16H17N5O3. The Kier molecular flexibility index (Phi) is 4.55. The lowest BCUT2D eigenvalue weighted by atomic mass is 10.2. The van der Waals surface area contributed by atoms with Crippen molar-refractivity contribution in [1.82, 2.24) is 9.88 Å². The fraction of sp³-hybridized carbons (Fsp3) is 0.250. The van der Waals surface area contributed by atoms with Crippen molar-refractivity contribution in [3.8, 4) is 0 Å². The van der Waals surface area contributed by atoms with E-state index in [0.717, 1.165) is 25.0 Å². The molecule has 0 aliphatic carbocycles. The Labute approximate surface area is 138 Å². The highest BCUT2D eigenvalue weighted by atomic mass is 16.6. The van der Waals surface area contributed by atoms with Gasteiger partial charge in [-0.15, -0.1) is 0 Å². The first-order valence-corrected chi connectivity index (χ1v) is 7.59. The second-order valence-corrected chi connectivity index (χ2v) is 5.39. The zero-order valence-corrected chi connectivity index (χ0v) is 13.0. The summed E-state index contributed by atoms with van der Waals surface area (Å²) >= 11 is 0. The number of nitro groups is 1. The van der Waals surface area contributed by atoms with Crippen LogP contribution in [0.4, 0.5) is 21.9 Å². The fourth-order valence-corrected chi connectivity index (χ4v) is 2.64. The molecule has 0 spiro atoms. The summed E-state index contributed by atoms with van der Waals surface area (Å²) in [5.41, 5.74) is 1.07. The molecule has 1 aromatic carbocycles. The molecule has 2 heterocycles. The van der Waals surface area contributed by atoms with E-state index in [1.807, 2.05) is 30.3 Å².